The minimum Gasteiger partial charge on any atom is -0.264 e. The second kappa shape index (κ2) is 13.3. The summed E-state index contributed by atoms with van der Waals surface area (Å²) < 4.78 is 48.2. The maximum atomic E-state index is 8.74. The van der Waals surface area contributed by atoms with Crippen molar-refractivity contribution in [3.63, 3.8) is 0 Å². The van der Waals surface area contributed by atoms with Crippen molar-refractivity contribution < 1.29 is 25.9 Å². The quantitative estimate of drug-likeness (QED) is 0.622. The fourth-order valence-corrected chi connectivity index (χ4v) is 0. The van der Waals surface area contributed by atoms with E-state index in [9.17, 15) is 0 Å². The minimum atomic E-state index is -4.67. The van der Waals surface area contributed by atoms with E-state index in [4.69, 9.17) is 25.9 Å². The number of rotatable bonds is 1. The molecule has 0 bridgehead atoms. The Morgan fingerprint density at radius 3 is 1.17 bits per heavy atom. The molecule has 0 atom stereocenters. The molecule has 76 valence electrons. The Morgan fingerprint density at radius 1 is 1.08 bits per heavy atom. The van der Waals surface area contributed by atoms with Crippen LogP contribution in [-0.2, 0) is 22.0 Å². The Hall–Kier alpha value is -0.310. The van der Waals surface area contributed by atoms with Crippen LogP contribution >= 0.6 is 0 Å². The highest BCUT2D eigenvalue weighted by Crippen LogP contribution is 1.76. The van der Waals surface area contributed by atoms with Gasteiger partial charge in [0.15, 0.2) is 0 Å². The molecule has 0 aliphatic rings. The molecule has 0 aliphatic carbocycles. The topological polar surface area (TPSA) is 109 Å². The van der Waals surface area contributed by atoms with Crippen molar-refractivity contribution in [3.05, 3.63) is 0 Å². The standard InChI is InChI=1S/C4H10.H2O4S.O2S/c1-3-4-2;1-5(2,3)4;1-3-2/h3-4H2,1-2H3;(H2,1,2,3,4);. The van der Waals surface area contributed by atoms with E-state index in [0.717, 1.165) is 0 Å². The second-order valence-electron chi connectivity index (χ2n) is 1.52. The van der Waals surface area contributed by atoms with Crippen molar-refractivity contribution in [2.45, 2.75) is 26.7 Å². The lowest BCUT2D eigenvalue weighted by Gasteiger charge is -1.68. The van der Waals surface area contributed by atoms with Crippen LogP contribution in [0.1, 0.15) is 26.7 Å². The van der Waals surface area contributed by atoms with E-state index in [0.29, 0.717) is 0 Å². The Balaban J connectivity index is -0.000000105. The first-order valence-electron chi connectivity index (χ1n) is 2.95. The fraction of sp³-hybridized carbons (Fsp3) is 1.00. The fourth-order valence-electron chi connectivity index (χ4n) is 0. The van der Waals surface area contributed by atoms with Crippen LogP contribution in [0.2, 0.25) is 0 Å². The Morgan fingerprint density at radius 2 is 1.17 bits per heavy atom. The molecule has 0 aromatic carbocycles. The summed E-state index contributed by atoms with van der Waals surface area (Å²) in [6.07, 6.45) is 2.64. The summed E-state index contributed by atoms with van der Waals surface area (Å²) in [5.74, 6) is 0. The van der Waals surface area contributed by atoms with Crippen molar-refractivity contribution in [2.75, 3.05) is 0 Å². The molecular weight excluding hydrogens is 208 g/mol. The van der Waals surface area contributed by atoms with Gasteiger partial charge in [-0.05, 0) is 0 Å². The van der Waals surface area contributed by atoms with Crippen LogP contribution in [0.15, 0.2) is 0 Å². The first-order chi connectivity index (χ1) is 5.33. The van der Waals surface area contributed by atoms with E-state index in [-0.39, 0.29) is 0 Å². The lowest BCUT2D eigenvalue weighted by molar-refractivity contribution is 0.381. The van der Waals surface area contributed by atoms with Gasteiger partial charge in [0.25, 0.3) is 0 Å². The highest BCUT2D eigenvalue weighted by atomic mass is 32.3. The highest BCUT2D eigenvalue weighted by molar-refractivity contribution is 7.79. The summed E-state index contributed by atoms with van der Waals surface area (Å²) in [6, 6.07) is 0. The minimum absolute atomic E-state index is 0.750. The van der Waals surface area contributed by atoms with Crippen molar-refractivity contribution in [1.29, 1.82) is 0 Å². The van der Waals surface area contributed by atoms with Crippen LogP contribution in [0, 0.1) is 0 Å². The van der Waals surface area contributed by atoms with Crippen LogP contribution in [0.5, 0.6) is 0 Å². The summed E-state index contributed by atoms with van der Waals surface area (Å²) in [7, 11) is -4.67. The Labute approximate surface area is 75.2 Å². The lowest BCUT2D eigenvalue weighted by atomic mass is 10.4. The largest absolute Gasteiger partial charge is 0.394 e. The third kappa shape index (κ3) is 1540. The van der Waals surface area contributed by atoms with Crippen molar-refractivity contribution >= 4 is 22.0 Å². The van der Waals surface area contributed by atoms with E-state index >= 15 is 0 Å². The zero-order chi connectivity index (χ0) is 10.6. The third-order valence-corrected chi connectivity index (χ3v) is 0.500. The molecule has 0 unspecified atom stereocenters. The summed E-state index contributed by atoms with van der Waals surface area (Å²) in [5.41, 5.74) is 0. The molecular formula is C4H12O6S2. The molecule has 0 saturated carbocycles. The maximum Gasteiger partial charge on any atom is 0.394 e. The van der Waals surface area contributed by atoms with Gasteiger partial charge in [0.1, 0.15) is 0 Å². The summed E-state index contributed by atoms with van der Waals surface area (Å²) in [4.78, 5) is 0. The third-order valence-electron chi connectivity index (χ3n) is 0.500. The van der Waals surface area contributed by atoms with Gasteiger partial charge in [-0.2, -0.15) is 16.8 Å². The van der Waals surface area contributed by atoms with E-state index in [1.54, 1.807) is 0 Å². The van der Waals surface area contributed by atoms with Gasteiger partial charge in [-0.1, -0.05) is 26.7 Å². The van der Waals surface area contributed by atoms with Crippen molar-refractivity contribution in [2.24, 2.45) is 0 Å². The van der Waals surface area contributed by atoms with Gasteiger partial charge in [0, 0.05) is 0 Å². The van der Waals surface area contributed by atoms with Gasteiger partial charge in [-0.25, -0.2) is 0 Å². The molecule has 0 aliphatic heterocycles. The zero-order valence-electron chi connectivity index (χ0n) is 6.76. The monoisotopic (exact) mass is 220 g/mol. The van der Waals surface area contributed by atoms with E-state index in [1.807, 2.05) is 0 Å². The summed E-state index contributed by atoms with van der Waals surface area (Å²) in [6.45, 7) is 4.36. The molecule has 0 aromatic heterocycles. The number of unbranched alkanes of at least 4 members (excludes halogenated alkanes) is 1. The predicted octanol–water partition coefficient (Wildman–Crippen LogP) is 0.483. The molecule has 0 amide bonds. The molecule has 8 heteroatoms. The van der Waals surface area contributed by atoms with Gasteiger partial charge in [-0.3, -0.25) is 9.11 Å². The van der Waals surface area contributed by atoms with Crippen LogP contribution in [0.4, 0.5) is 0 Å². The Kier molecular flexibility index (Phi) is 19.6. The number of hydrogen-bond acceptors (Lipinski definition) is 4. The van der Waals surface area contributed by atoms with Gasteiger partial charge in [-0.15, -0.1) is 0 Å². The van der Waals surface area contributed by atoms with Gasteiger partial charge >= 0.3 is 22.0 Å². The maximum absolute atomic E-state index is 8.74. The van der Waals surface area contributed by atoms with Gasteiger partial charge in [0.05, 0.1) is 0 Å². The number of hydrogen-bond donors (Lipinski definition) is 2. The van der Waals surface area contributed by atoms with E-state index < -0.39 is 22.0 Å². The van der Waals surface area contributed by atoms with Crippen molar-refractivity contribution in [3.8, 4) is 0 Å². The highest BCUT2D eigenvalue weighted by Gasteiger charge is 1.84. The molecule has 0 radical (unpaired) electrons. The van der Waals surface area contributed by atoms with Crippen LogP contribution in [0.25, 0.3) is 0 Å². The normalized spacial score (nSPS) is 8.33. The van der Waals surface area contributed by atoms with Gasteiger partial charge in [0.2, 0.25) is 0 Å². The Bertz CT molecular complexity index is 180. The molecule has 2 N–H and O–H groups in total. The van der Waals surface area contributed by atoms with Crippen LogP contribution in [0.3, 0.4) is 0 Å². The average Bonchev–Trinajstić information content (AvgIpc) is 1.85. The van der Waals surface area contributed by atoms with Crippen LogP contribution < -0.4 is 0 Å². The molecule has 0 spiro atoms. The van der Waals surface area contributed by atoms with Crippen LogP contribution in [-0.4, -0.2) is 25.9 Å². The molecule has 0 aromatic rings. The zero-order valence-corrected chi connectivity index (χ0v) is 8.39. The average molecular weight is 220 g/mol. The molecule has 6 nitrogen and oxygen atoms in total. The van der Waals surface area contributed by atoms with Crippen molar-refractivity contribution in [1.82, 2.24) is 0 Å². The lowest BCUT2D eigenvalue weighted by Crippen LogP contribution is -1.89. The molecule has 0 heterocycles. The first-order valence-corrected chi connectivity index (χ1v) is 5.01. The smallest absolute Gasteiger partial charge is 0.264 e. The summed E-state index contributed by atoms with van der Waals surface area (Å²) >= 11 is -0.750. The second-order valence-corrected chi connectivity index (χ2v) is 2.55. The molecule has 12 heavy (non-hydrogen) atoms. The summed E-state index contributed by atoms with van der Waals surface area (Å²) in [5, 5.41) is 0. The predicted molar refractivity (Wildman–Crippen MR) is 43.7 cm³/mol. The van der Waals surface area contributed by atoms with E-state index in [2.05, 4.69) is 13.8 Å². The molecule has 0 saturated heterocycles. The molecule has 0 rings (SSSR count). The van der Waals surface area contributed by atoms with Gasteiger partial charge < -0.3 is 0 Å². The molecule has 0 fully saturated rings. The SMILES string of the molecule is CCCC.O=S(=O)(O)O.O=S=O. The van der Waals surface area contributed by atoms with E-state index in [1.165, 1.54) is 12.8 Å². The first kappa shape index (κ1) is 17.7.